The summed E-state index contributed by atoms with van der Waals surface area (Å²) in [5.74, 6) is -2.41. The van der Waals surface area contributed by atoms with Gasteiger partial charge in [0.15, 0.2) is 11.4 Å². The lowest BCUT2D eigenvalue weighted by molar-refractivity contribution is -0.144. The smallest absolute Gasteiger partial charge is 0.306 e. The maximum Gasteiger partial charge on any atom is 0.306 e. The van der Waals surface area contributed by atoms with Gasteiger partial charge >= 0.3 is 5.97 Å². The van der Waals surface area contributed by atoms with Gasteiger partial charge in [-0.05, 0) is 69.2 Å². The molecule has 11 heteroatoms. The Morgan fingerprint density at radius 1 is 1.07 bits per heavy atom. The van der Waals surface area contributed by atoms with E-state index in [1.54, 1.807) is 31.1 Å². The van der Waals surface area contributed by atoms with Crippen LogP contribution >= 0.6 is 0 Å². The van der Waals surface area contributed by atoms with Crippen LogP contribution in [0.15, 0.2) is 34.7 Å². The first kappa shape index (κ1) is 28.9. The average Bonchev–Trinajstić information content (AvgIpc) is 3.55. The zero-order valence-corrected chi connectivity index (χ0v) is 23.2. The van der Waals surface area contributed by atoms with Gasteiger partial charge in [0.1, 0.15) is 11.3 Å². The number of hydrogen-bond acceptors (Lipinski definition) is 7. The highest BCUT2D eigenvalue weighted by Gasteiger charge is 2.38. The molecule has 1 amide bonds. The number of rotatable bonds is 10. The number of carboxylic acids is 1. The van der Waals surface area contributed by atoms with Gasteiger partial charge in [0.2, 0.25) is 5.91 Å². The molecule has 1 saturated heterocycles. The molecule has 41 heavy (non-hydrogen) atoms. The van der Waals surface area contributed by atoms with Crippen LogP contribution in [-0.4, -0.2) is 65.4 Å². The number of carboxylic acid groups (broad SMARTS) is 1. The van der Waals surface area contributed by atoms with Gasteiger partial charge in [-0.1, -0.05) is 12.1 Å². The molecule has 1 saturated carbocycles. The number of aryl methyl sites for hydroxylation is 1. The van der Waals surface area contributed by atoms with E-state index < -0.39 is 17.6 Å². The number of benzene rings is 2. The highest BCUT2D eigenvalue weighted by Crippen LogP contribution is 2.32. The van der Waals surface area contributed by atoms with E-state index in [9.17, 15) is 19.1 Å². The van der Waals surface area contributed by atoms with Gasteiger partial charge in [-0.15, -0.1) is 0 Å². The van der Waals surface area contributed by atoms with Crippen LogP contribution in [-0.2, 0) is 25.5 Å². The molecule has 1 aliphatic carbocycles. The van der Waals surface area contributed by atoms with Crippen molar-refractivity contribution in [1.29, 1.82) is 0 Å². The van der Waals surface area contributed by atoms with Crippen LogP contribution in [0.2, 0.25) is 0 Å². The summed E-state index contributed by atoms with van der Waals surface area (Å²) in [6.07, 6.45) is 3.81. The van der Waals surface area contributed by atoms with Crippen molar-refractivity contribution in [2.24, 2.45) is 5.92 Å². The molecule has 0 unspecified atom stereocenters. The number of anilines is 2. The number of carbonyl (C=O) groups is 2. The van der Waals surface area contributed by atoms with Gasteiger partial charge in [0.25, 0.3) is 6.01 Å². The predicted octanol–water partition coefficient (Wildman–Crippen LogP) is 5.37. The summed E-state index contributed by atoms with van der Waals surface area (Å²) < 4.78 is 46.4. The third-order valence-corrected chi connectivity index (χ3v) is 8.17. The predicted molar refractivity (Wildman–Crippen MR) is 147 cm³/mol. The zero-order chi connectivity index (χ0) is 29.1. The molecule has 9 nitrogen and oxygen atoms in total. The summed E-state index contributed by atoms with van der Waals surface area (Å²) in [5.41, 5.74) is 1.59. The number of nitrogens with one attached hydrogen (secondary N) is 1. The molecule has 0 radical (unpaired) electrons. The number of hydrogen-bond donors (Lipinski definition) is 2. The van der Waals surface area contributed by atoms with E-state index in [-0.39, 0.29) is 59.1 Å². The molecule has 1 aliphatic heterocycles. The number of aromatic nitrogens is 1. The fourth-order valence-corrected chi connectivity index (χ4v) is 5.90. The number of ether oxygens (including phenoxy) is 2. The number of fused-ring (bicyclic) bond motifs is 1. The average molecular weight is 572 g/mol. The molecular weight excluding hydrogens is 536 g/mol. The van der Waals surface area contributed by atoms with Crippen molar-refractivity contribution in [1.82, 2.24) is 9.88 Å². The minimum absolute atomic E-state index is 0.0189. The monoisotopic (exact) mass is 571 g/mol. The lowest BCUT2D eigenvalue weighted by Gasteiger charge is -2.32. The number of halogens is 2. The highest BCUT2D eigenvalue weighted by atomic mass is 19.1. The highest BCUT2D eigenvalue weighted by molar-refractivity contribution is 5.83. The minimum Gasteiger partial charge on any atom is -0.481 e. The molecule has 1 aromatic heterocycles. The third-order valence-electron chi connectivity index (χ3n) is 8.17. The first-order valence-corrected chi connectivity index (χ1v) is 14.0. The molecule has 2 atom stereocenters. The first-order valence-electron chi connectivity index (χ1n) is 14.0. The summed E-state index contributed by atoms with van der Waals surface area (Å²) in [6, 6.07) is 7.08. The van der Waals surface area contributed by atoms with Crippen LogP contribution in [0.4, 0.5) is 20.5 Å². The van der Waals surface area contributed by atoms with Crippen molar-refractivity contribution in [3.8, 4) is 0 Å². The summed E-state index contributed by atoms with van der Waals surface area (Å²) in [7, 11) is 1.59. The van der Waals surface area contributed by atoms with Crippen molar-refractivity contribution >= 4 is 34.7 Å². The second-order valence-corrected chi connectivity index (χ2v) is 11.0. The Morgan fingerprint density at radius 3 is 2.51 bits per heavy atom. The van der Waals surface area contributed by atoms with Crippen LogP contribution in [0.1, 0.15) is 49.7 Å². The van der Waals surface area contributed by atoms with Gasteiger partial charge in [0, 0.05) is 18.4 Å². The van der Waals surface area contributed by atoms with Crippen molar-refractivity contribution in [2.75, 3.05) is 25.6 Å². The fourth-order valence-electron chi connectivity index (χ4n) is 5.90. The molecule has 2 aliphatic rings. The van der Waals surface area contributed by atoms with Crippen molar-refractivity contribution < 1.29 is 37.4 Å². The standard InChI is InChI=1S/C30H35F2N3O6/c1-17-3-7-20(31)14-25(17)34-30-33-24-12-6-19(27(32)28(24)41-30)13-26(36)35-21(15-39-2)8-9-22(35)16-40-23-10-4-18(5-11-23)29(37)38/h3,6-7,12,14,18,21-23H,4-5,8-11,13,15-16H2,1-2H3,(H,33,34)(H,37,38)/t18?,21-,22+,23?/m1/s1. The second-order valence-electron chi connectivity index (χ2n) is 11.0. The summed E-state index contributed by atoms with van der Waals surface area (Å²) in [5, 5.41) is 12.1. The van der Waals surface area contributed by atoms with E-state index in [1.165, 1.54) is 18.2 Å². The summed E-state index contributed by atoms with van der Waals surface area (Å²) in [6.45, 7) is 2.50. The summed E-state index contributed by atoms with van der Waals surface area (Å²) in [4.78, 5) is 30.8. The molecule has 3 aromatic rings. The van der Waals surface area contributed by atoms with E-state index >= 15 is 4.39 Å². The second kappa shape index (κ2) is 12.5. The Hall–Kier alpha value is -3.57. The maximum atomic E-state index is 15.6. The first-order chi connectivity index (χ1) is 19.7. The lowest BCUT2D eigenvalue weighted by atomic mass is 9.87. The molecule has 220 valence electrons. The number of methoxy groups -OCH3 is 1. The molecule has 0 bridgehead atoms. The molecule has 2 N–H and O–H groups in total. The van der Waals surface area contributed by atoms with E-state index in [0.717, 1.165) is 18.4 Å². The largest absolute Gasteiger partial charge is 0.481 e. The van der Waals surface area contributed by atoms with Crippen LogP contribution < -0.4 is 5.32 Å². The Morgan fingerprint density at radius 2 is 1.80 bits per heavy atom. The Bertz CT molecular complexity index is 1400. The van der Waals surface area contributed by atoms with Gasteiger partial charge in [0.05, 0.1) is 43.7 Å². The Kier molecular flexibility index (Phi) is 8.84. The number of oxazole rings is 1. The molecule has 5 rings (SSSR count). The number of amides is 1. The normalized spacial score (nSPS) is 22.8. The number of nitrogens with zero attached hydrogens (tertiary/aromatic N) is 2. The van der Waals surface area contributed by atoms with Crippen LogP contribution in [0.5, 0.6) is 0 Å². The zero-order valence-electron chi connectivity index (χ0n) is 23.2. The molecular formula is C30H35F2N3O6. The number of likely N-dealkylation sites (tertiary alicyclic amines) is 1. The topological polar surface area (TPSA) is 114 Å². The van der Waals surface area contributed by atoms with E-state index in [4.69, 9.17) is 13.9 Å². The van der Waals surface area contributed by atoms with Crippen LogP contribution in [0.3, 0.4) is 0 Å². The SMILES string of the molecule is COC[C@H]1CC[C@@H](COC2CCC(C(=O)O)CC2)N1C(=O)Cc1ccc2nc(Nc3cc(F)ccc3C)oc2c1F. The molecule has 2 aromatic carbocycles. The third kappa shape index (κ3) is 6.51. The lowest BCUT2D eigenvalue weighted by Crippen LogP contribution is -2.46. The van der Waals surface area contributed by atoms with Crippen LogP contribution in [0.25, 0.3) is 11.1 Å². The molecule has 2 heterocycles. The fraction of sp³-hybridized carbons (Fsp3) is 0.500. The van der Waals surface area contributed by atoms with Crippen molar-refractivity contribution in [3.05, 3.63) is 53.1 Å². The van der Waals surface area contributed by atoms with Gasteiger partial charge in [-0.3, -0.25) is 9.59 Å². The van der Waals surface area contributed by atoms with Crippen LogP contribution in [0, 0.1) is 24.5 Å². The maximum absolute atomic E-state index is 15.6. The van der Waals surface area contributed by atoms with Crippen molar-refractivity contribution in [3.63, 3.8) is 0 Å². The van der Waals surface area contributed by atoms with E-state index in [2.05, 4.69) is 10.3 Å². The number of carbonyl (C=O) groups excluding carboxylic acids is 1. The molecule has 0 spiro atoms. The Balaban J connectivity index is 1.27. The van der Waals surface area contributed by atoms with E-state index in [0.29, 0.717) is 44.6 Å². The van der Waals surface area contributed by atoms with Gasteiger partial charge < -0.3 is 29.2 Å². The van der Waals surface area contributed by atoms with Gasteiger partial charge in [-0.2, -0.15) is 4.98 Å². The number of aliphatic carboxylic acids is 1. The quantitative estimate of drug-likeness (QED) is 0.334. The summed E-state index contributed by atoms with van der Waals surface area (Å²) >= 11 is 0. The molecule has 2 fully saturated rings. The Labute approximate surface area is 236 Å². The van der Waals surface area contributed by atoms with Crippen molar-refractivity contribution in [2.45, 2.75) is 70.1 Å². The minimum atomic E-state index is -0.761. The van der Waals surface area contributed by atoms with E-state index in [1.807, 2.05) is 0 Å². The van der Waals surface area contributed by atoms with Gasteiger partial charge in [-0.25, -0.2) is 8.78 Å².